The molecule has 0 aromatic carbocycles. The van der Waals surface area contributed by atoms with Gasteiger partial charge in [0, 0.05) is 43.5 Å². The van der Waals surface area contributed by atoms with Crippen LogP contribution >= 0.6 is 0 Å². The lowest BCUT2D eigenvalue weighted by atomic mass is 9.98. The molecule has 130 valence electrons. The second-order valence-corrected chi connectivity index (χ2v) is 6.69. The van der Waals surface area contributed by atoms with Crippen LogP contribution in [0.15, 0.2) is 24.7 Å². The van der Waals surface area contributed by atoms with E-state index < -0.39 is 0 Å². The Morgan fingerprint density at radius 2 is 2.21 bits per heavy atom. The lowest BCUT2D eigenvalue weighted by molar-refractivity contribution is -0.117. The number of hydrogen-bond donors (Lipinski definition) is 2. The minimum absolute atomic E-state index is 0.0449. The molecule has 0 saturated heterocycles. The van der Waals surface area contributed by atoms with E-state index in [0.717, 1.165) is 37.6 Å². The molecule has 0 bridgehead atoms. The Morgan fingerprint density at radius 3 is 3.00 bits per heavy atom. The van der Waals surface area contributed by atoms with Gasteiger partial charge in [0.1, 0.15) is 11.6 Å². The average molecular weight is 330 g/mol. The van der Waals surface area contributed by atoms with E-state index >= 15 is 0 Å². The quantitative estimate of drug-likeness (QED) is 0.851. The van der Waals surface area contributed by atoms with Crippen molar-refractivity contribution in [2.75, 3.05) is 11.9 Å². The van der Waals surface area contributed by atoms with Crippen molar-refractivity contribution in [2.24, 2.45) is 0 Å². The van der Waals surface area contributed by atoms with Crippen LogP contribution < -0.4 is 10.6 Å². The molecule has 2 aromatic heterocycles. The standard InChI is InChI=1S/C17H26N6O/c1-12(2)23-15(6-7-20-23)21-17(24)13(3)19-11-14-5-4-9-22-10-8-18-16(14)22/h6-8,10,12-14,19H,4-5,9,11H2,1-3H3,(H,21,24)/t13-,14+/m0/s1. The molecule has 3 rings (SSSR count). The first-order valence-electron chi connectivity index (χ1n) is 8.65. The van der Waals surface area contributed by atoms with Crippen LogP contribution in [0.2, 0.25) is 0 Å². The molecule has 0 fully saturated rings. The molecule has 1 aliphatic rings. The van der Waals surface area contributed by atoms with Crippen LogP contribution in [0.5, 0.6) is 0 Å². The van der Waals surface area contributed by atoms with Crippen molar-refractivity contribution in [2.45, 2.75) is 58.2 Å². The number of amides is 1. The van der Waals surface area contributed by atoms with Crippen LogP contribution in [0.4, 0.5) is 5.82 Å². The van der Waals surface area contributed by atoms with Crippen molar-refractivity contribution in [3.05, 3.63) is 30.5 Å². The molecular formula is C17H26N6O. The summed E-state index contributed by atoms with van der Waals surface area (Å²) in [5, 5.41) is 10.5. The number of rotatable bonds is 6. The fourth-order valence-corrected chi connectivity index (χ4v) is 3.17. The number of carbonyl (C=O) groups is 1. The third-order valence-corrected chi connectivity index (χ3v) is 4.54. The molecule has 0 aliphatic carbocycles. The van der Waals surface area contributed by atoms with Crippen LogP contribution in [0.1, 0.15) is 51.4 Å². The predicted molar refractivity (Wildman–Crippen MR) is 92.9 cm³/mol. The number of imidazole rings is 1. The minimum Gasteiger partial charge on any atom is -0.335 e. The normalized spacial score (nSPS) is 18.4. The number of nitrogens with zero attached hydrogens (tertiary/aromatic N) is 4. The van der Waals surface area contributed by atoms with E-state index in [1.54, 1.807) is 6.20 Å². The maximum atomic E-state index is 12.4. The third-order valence-electron chi connectivity index (χ3n) is 4.54. The minimum atomic E-state index is -0.272. The lowest BCUT2D eigenvalue weighted by Crippen LogP contribution is -2.41. The highest BCUT2D eigenvalue weighted by molar-refractivity contribution is 5.93. The van der Waals surface area contributed by atoms with Gasteiger partial charge >= 0.3 is 0 Å². The summed E-state index contributed by atoms with van der Waals surface area (Å²) in [6, 6.07) is 1.76. The fraction of sp³-hybridized carbons (Fsp3) is 0.588. The van der Waals surface area contributed by atoms with Gasteiger partial charge < -0.3 is 15.2 Å². The number of fused-ring (bicyclic) bond motifs is 1. The van der Waals surface area contributed by atoms with Crippen molar-refractivity contribution < 1.29 is 4.79 Å². The van der Waals surface area contributed by atoms with Crippen molar-refractivity contribution in [1.82, 2.24) is 24.6 Å². The van der Waals surface area contributed by atoms with Gasteiger partial charge in [0.25, 0.3) is 0 Å². The molecule has 0 saturated carbocycles. The zero-order valence-electron chi connectivity index (χ0n) is 14.6. The van der Waals surface area contributed by atoms with Gasteiger partial charge in [-0.25, -0.2) is 9.67 Å². The van der Waals surface area contributed by atoms with Gasteiger partial charge in [0.2, 0.25) is 5.91 Å². The Balaban J connectivity index is 1.55. The van der Waals surface area contributed by atoms with Crippen LogP contribution in [0.25, 0.3) is 0 Å². The summed E-state index contributed by atoms with van der Waals surface area (Å²) in [7, 11) is 0. The number of nitrogens with one attached hydrogen (secondary N) is 2. The van der Waals surface area contributed by atoms with Gasteiger partial charge in [-0.3, -0.25) is 4.79 Å². The van der Waals surface area contributed by atoms with Gasteiger partial charge in [-0.05, 0) is 33.6 Å². The lowest BCUT2D eigenvalue weighted by Gasteiger charge is -2.25. The summed E-state index contributed by atoms with van der Waals surface area (Å²) in [4.78, 5) is 16.9. The molecule has 0 radical (unpaired) electrons. The Morgan fingerprint density at radius 1 is 1.38 bits per heavy atom. The first-order chi connectivity index (χ1) is 11.6. The smallest absolute Gasteiger partial charge is 0.242 e. The van der Waals surface area contributed by atoms with Gasteiger partial charge in [0.05, 0.1) is 12.2 Å². The summed E-state index contributed by atoms with van der Waals surface area (Å²) in [6.07, 6.45) is 7.86. The second kappa shape index (κ2) is 7.17. The van der Waals surface area contributed by atoms with E-state index in [1.165, 1.54) is 0 Å². The van der Waals surface area contributed by atoms with Crippen molar-refractivity contribution >= 4 is 11.7 Å². The number of hydrogen-bond acceptors (Lipinski definition) is 4. The number of aryl methyl sites for hydroxylation is 1. The highest BCUT2D eigenvalue weighted by Gasteiger charge is 2.23. The first kappa shape index (κ1) is 16.7. The molecular weight excluding hydrogens is 304 g/mol. The molecule has 7 heteroatoms. The largest absolute Gasteiger partial charge is 0.335 e. The molecule has 0 unspecified atom stereocenters. The van der Waals surface area contributed by atoms with E-state index in [0.29, 0.717) is 5.92 Å². The Labute approximate surface area is 142 Å². The third kappa shape index (κ3) is 3.51. The number of aromatic nitrogens is 4. The van der Waals surface area contributed by atoms with Crippen LogP contribution in [-0.2, 0) is 11.3 Å². The monoisotopic (exact) mass is 330 g/mol. The predicted octanol–water partition coefficient (Wildman–Crippen LogP) is 2.15. The van der Waals surface area contributed by atoms with Gasteiger partial charge in [0.15, 0.2) is 0 Å². The highest BCUT2D eigenvalue weighted by Crippen LogP contribution is 2.25. The van der Waals surface area contributed by atoms with Crippen molar-refractivity contribution in [3.63, 3.8) is 0 Å². The summed E-state index contributed by atoms with van der Waals surface area (Å²) in [6.45, 7) is 7.77. The molecule has 2 atom stereocenters. The zero-order valence-corrected chi connectivity index (χ0v) is 14.6. The van der Waals surface area contributed by atoms with Crippen molar-refractivity contribution in [3.8, 4) is 0 Å². The Hall–Kier alpha value is -2.15. The molecule has 2 aromatic rings. The Kier molecular flexibility index (Phi) is 4.99. The van der Waals surface area contributed by atoms with E-state index in [9.17, 15) is 4.79 Å². The topological polar surface area (TPSA) is 76.8 Å². The van der Waals surface area contributed by atoms with Crippen LogP contribution in [0.3, 0.4) is 0 Å². The summed E-state index contributed by atoms with van der Waals surface area (Å²) >= 11 is 0. The Bertz CT molecular complexity index is 689. The highest BCUT2D eigenvalue weighted by atomic mass is 16.2. The van der Waals surface area contributed by atoms with Crippen LogP contribution in [-0.4, -0.2) is 37.8 Å². The molecule has 1 aliphatic heterocycles. The molecule has 24 heavy (non-hydrogen) atoms. The molecule has 1 amide bonds. The molecule has 7 nitrogen and oxygen atoms in total. The fourth-order valence-electron chi connectivity index (χ4n) is 3.17. The van der Waals surface area contributed by atoms with Crippen molar-refractivity contribution in [1.29, 1.82) is 0 Å². The van der Waals surface area contributed by atoms with E-state index in [1.807, 2.05) is 43.9 Å². The average Bonchev–Trinajstić information content (AvgIpc) is 3.21. The van der Waals surface area contributed by atoms with Gasteiger partial charge in [-0.1, -0.05) is 0 Å². The van der Waals surface area contributed by atoms with E-state index in [2.05, 4.69) is 25.3 Å². The first-order valence-corrected chi connectivity index (χ1v) is 8.65. The summed E-state index contributed by atoms with van der Waals surface area (Å²) in [5.41, 5.74) is 0. The van der Waals surface area contributed by atoms with Gasteiger partial charge in [-0.15, -0.1) is 0 Å². The second-order valence-electron chi connectivity index (χ2n) is 6.69. The summed E-state index contributed by atoms with van der Waals surface area (Å²) < 4.78 is 4.02. The van der Waals surface area contributed by atoms with E-state index in [4.69, 9.17) is 0 Å². The number of carbonyl (C=O) groups excluding carboxylic acids is 1. The molecule has 2 N–H and O–H groups in total. The van der Waals surface area contributed by atoms with Gasteiger partial charge in [-0.2, -0.15) is 5.10 Å². The maximum Gasteiger partial charge on any atom is 0.242 e. The number of anilines is 1. The maximum absolute atomic E-state index is 12.4. The molecule has 0 spiro atoms. The summed E-state index contributed by atoms with van der Waals surface area (Å²) in [5.74, 6) is 2.18. The van der Waals surface area contributed by atoms with E-state index in [-0.39, 0.29) is 18.0 Å². The zero-order chi connectivity index (χ0) is 17.1. The SMILES string of the molecule is CC(C)n1nccc1NC(=O)[C@H](C)NC[C@H]1CCCn2ccnc21. The molecule has 3 heterocycles. The van der Waals surface area contributed by atoms with Crippen LogP contribution in [0, 0.1) is 0 Å².